The highest BCUT2D eigenvalue weighted by atomic mass is 32.1. The Hall–Kier alpha value is -1.44. The van der Waals surface area contributed by atoms with Gasteiger partial charge in [0, 0.05) is 30.9 Å². The van der Waals surface area contributed by atoms with Gasteiger partial charge in [0.2, 0.25) is 5.91 Å². The van der Waals surface area contributed by atoms with Gasteiger partial charge in [-0.25, -0.2) is 0 Å². The highest BCUT2D eigenvalue weighted by molar-refractivity contribution is 7.08. The third-order valence-corrected chi connectivity index (χ3v) is 6.44. The van der Waals surface area contributed by atoms with Gasteiger partial charge in [-0.3, -0.25) is 9.59 Å². The van der Waals surface area contributed by atoms with E-state index in [9.17, 15) is 14.7 Å². The summed E-state index contributed by atoms with van der Waals surface area (Å²) < 4.78 is 6.08. The molecule has 2 amide bonds. The maximum atomic E-state index is 12.6. The number of carbonyl (C=O) groups is 2. The zero-order chi connectivity index (χ0) is 17.4. The Bertz CT molecular complexity index is 634. The molecular formula is C18H24N2O4S. The number of rotatable bonds is 2. The van der Waals surface area contributed by atoms with E-state index < -0.39 is 0 Å². The lowest BCUT2D eigenvalue weighted by atomic mass is 9.80. The van der Waals surface area contributed by atoms with Gasteiger partial charge in [-0.15, -0.1) is 0 Å². The predicted molar refractivity (Wildman–Crippen MR) is 93.5 cm³/mol. The molecule has 25 heavy (non-hydrogen) atoms. The molecule has 0 atom stereocenters. The van der Waals surface area contributed by atoms with Crippen LogP contribution in [0.3, 0.4) is 0 Å². The number of likely N-dealkylation sites (tertiary alicyclic amines) is 1. The molecule has 3 aliphatic rings. The van der Waals surface area contributed by atoms with E-state index in [1.54, 1.807) is 0 Å². The van der Waals surface area contributed by atoms with Gasteiger partial charge >= 0.3 is 0 Å². The largest absolute Gasteiger partial charge is 0.393 e. The Kier molecular flexibility index (Phi) is 4.56. The van der Waals surface area contributed by atoms with E-state index in [0.717, 1.165) is 18.4 Å². The van der Waals surface area contributed by atoms with E-state index in [1.807, 2.05) is 26.6 Å². The normalized spacial score (nSPS) is 28.7. The van der Waals surface area contributed by atoms with Crippen molar-refractivity contribution in [1.82, 2.24) is 9.80 Å². The first-order valence-electron chi connectivity index (χ1n) is 8.99. The standard InChI is InChI=1S/C18H24N2O4S/c21-15-9-14(10-15)17(23)19-4-2-18(3-5-19)12-20(6-7-24-18)16(22)13-1-8-25-11-13/h1,8,11,14-15,21H,2-7,9-10,12H2. The predicted octanol–water partition coefficient (Wildman–Crippen LogP) is 1.35. The van der Waals surface area contributed by atoms with Crippen molar-refractivity contribution in [2.24, 2.45) is 5.92 Å². The number of nitrogens with zero attached hydrogens (tertiary/aromatic N) is 2. The van der Waals surface area contributed by atoms with E-state index in [1.165, 1.54) is 11.3 Å². The lowest BCUT2D eigenvalue weighted by Crippen LogP contribution is -2.59. The van der Waals surface area contributed by atoms with Gasteiger partial charge in [-0.05, 0) is 37.1 Å². The SMILES string of the molecule is O=C(c1ccsc1)N1CCOC2(CCN(C(=O)C3CC(O)C3)CC2)C1. The molecule has 0 aromatic carbocycles. The Labute approximate surface area is 151 Å². The summed E-state index contributed by atoms with van der Waals surface area (Å²) in [5, 5.41) is 13.2. The summed E-state index contributed by atoms with van der Waals surface area (Å²) >= 11 is 1.53. The molecule has 1 spiro atoms. The molecule has 0 bridgehead atoms. The second-order valence-corrected chi connectivity index (χ2v) is 8.20. The van der Waals surface area contributed by atoms with Crippen molar-refractivity contribution in [1.29, 1.82) is 0 Å². The second-order valence-electron chi connectivity index (χ2n) is 7.42. The lowest BCUT2D eigenvalue weighted by molar-refractivity contribution is -0.155. The van der Waals surface area contributed by atoms with Crippen molar-refractivity contribution < 1.29 is 19.4 Å². The highest BCUT2D eigenvalue weighted by Gasteiger charge is 2.44. The van der Waals surface area contributed by atoms with Crippen molar-refractivity contribution >= 4 is 23.2 Å². The van der Waals surface area contributed by atoms with Crippen LogP contribution in [-0.2, 0) is 9.53 Å². The summed E-state index contributed by atoms with van der Waals surface area (Å²) in [5.41, 5.74) is 0.429. The molecule has 4 rings (SSSR count). The average molecular weight is 364 g/mol. The number of aliphatic hydroxyl groups is 1. The highest BCUT2D eigenvalue weighted by Crippen LogP contribution is 2.34. The number of amides is 2. The van der Waals surface area contributed by atoms with Crippen molar-refractivity contribution in [2.75, 3.05) is 32.8 Å². The van der Waals surface area contributed by atoms with Crippen molar-refractivity contribution in [2.45, 2.75) is 37.4 Å². The van der Waals surface area contributed by atoms with Crippen LogP contribution in [0.25, 0.3) is 0 Å². The molecule has 3 fully saturated rings. The number of thiophene rings is 1. The van der Waals surface area contributed by atoms with E-state index in [-0.39, 0.29) is 29.4 Å². The van der Waals surface area contributed by atoms with Crippen LogP contribution in [0.5, 0.6) is 0 Å². The molecule has 1 aliphatic carbocycles. The quantitative estimate of drug-likeness (QED) is 0.860. The fraction of sp³-hybridized carbons (Fsp3) is 0.667. The Balaban J connectivity index is 1.35. The number of morpholine rings is 1. The molecular weight excluding hydrogens is 340 g/mol. The van der Waals surface area contributed by atoms with Crippen LogP contribution >= 0.6 is 11.3 Å². The van der Waals surface area contributed by atoms with Crippen molar-refractivity contribution in [3.63, 3.8) is 0 Å². The summed E-state index contributed by atoms with van der Waals surface area (Å²) in [6, 6.07) is 1.86. The van der Waals surface area contributed by atoms with Gasteiger partial charge < -0.3 is 19.6 Å². The molecule has 6 nitrogen and oxygen atoms in total. The molecule has 2 saturated heterocycles. The number of hydrogen-bond donors (Lipinski definition) is 1. The molecule has 1 aromatic heterocycles. The molecule has 0 unspecified atom stereocenters. The number of piperidine rings is 1. The first-order valence-corrected chi connectivity index (χ1v) is 9.93. The second kappa shape index (κ2) is 6.70. The van der Waals surface area contributed by atoms with Crippen LogP contribution in [0.4, 0.5) is 0 Å². The van der Waals surface area contributed by atoms with Crippen molar-refractivity contribution in [3.8, 4) is 0 Å². The fourth-order valence-corrected chi connectivity index (χ4v) is 4.70. The van der Waals surface area contributed by atoms with Gasteiger partial charge in [-0.2, -0.15) is 11.3 Å². The molecule has 1 N–H and O–H groups in total. The first kappa shape index (κ1) is 17.0. The van der Waals surface area contributed by atoms with E-state index in [2.05, 4.69) is 0 Å². The third kappa shape index (κ3) is 3.32. The van der Waals surface area contributed by atoms with Crippen LogP contribution < -0.4 is 0 Å². The molecule has 2 aliphatic heterocycles. The minimum absolute atomic E-state index is 0.00649. The van der Waals surface area contributed by atoms with E-state index >= 15 is 0 Å². The first-order chi connectivity index (χ1) is 12.1. The monoisotopic (exact) mass is 364 g/mol. The summed E-state index contributed by atoms with van der Waals surface area (Å²) in [4.78, 5) is 28.9. The number of ether oxygens (including phenoxy) is 1. The zero-order valence-electron chi connectivity index (χ0n) is 14.2. The molecule has 7 heteroatoms. The molecule has 1 saturated carbocycles. The third-order valence-electron chi connectivity index (χ3n) is 5.75. The maximum Gasteiger partial charge on any atom is 0.254 e. The summed E-state index contributed by atoms with van der Waals surface area (Å²) in [7, 11) is 0. The Morgan fingerprint density at radius 1 is 1.20 bits per heavy atom. The maximum absolute atomic E-state index is 12.6. The molecule has 1 aromatic rings. The van der Waals surface area contributed by atoms with Crippen LogP contribution in [-0.4, -0.2) is 71.2 Å². The van der Waals surface area contributed by atoms with E-state index in [0.29, 0.717) is 45.6 Å². The van der Waals surface area contributed by atoms with E-state index in [4.69, 9.17) is 4.74 Å². The molecule has 0 radical (unpaired) electrons. The van der Waals surface area contributed by atoms with Gasteiger partial charge in [-0.1, -0.05) is 0 Å². The number of hydrogen-bond acceptors (Lipinski definition) is 5. The zero-order valence-corrected chi connectivity index (χ0v) is 15.0. The van der Waals surface area contributed by atoms with Gasteiger partial charge in [0.25, 0.3) is 5.91 Å². The van der Waals surface area contributed by atoms with Gasteiger partial charge in [0.1, 0.15) is 0 Å². The number of aliphatic hydroxyl groups excluding tert-OH is 1. The molecule has 3 heterocycles. The van der Waals surface area contributed by atoms with Crippen LogP contribution in [0, 0.1) is 5.92 Å². The van der Waals surface area contributed by atoms with Crippen LogP contribution in [0.15, 0.2) is 16.8 Å². The smallest absolute Gasteiger partial charge is 0.254 e. The van der Waals surface area contributed by atoms with Gasteiger partial charge in [0.15, 0.2) is 0 Å². The fourth-order valence-electron chi connectivity index (χ4n) is 4.07. The minimum atomic E-state index is -0.320. The topological polar surface area (TPSA) is 70.1 Å². The minimum Gasteiger partial charge on any atom is -0.393 e. The Morgan fingerprint density at radius 2 is 1.96 bits per heavy atom. The summed E-state index contributed by atoms with van der Waals surface area (Å²) in [5.74, 6) is 0.237. The lowest BCUT2D eigenvalue weighted by Gasteiger charge is -2.48. The van der Waals surface area contributed by atoms with Crippen LogP contribution in [0.2, 0.25) is 0 Å². The summed E-state index contributed by atoms with van der Waals surface area (Å²) in [6.07, 6.45) is 2.42. The molecule has 136 valence electrons. The average Bonchev–Trinajstić information content (AvgIpc) is 3.13. The number of carbonyl (C=O) groups excluding carboxylic acids is 2. The summed E-state index contributed by atoms with van der Waals surface area (Å²) in [6.45, 7) is 3.13. The Morgan fingerprint density at radius 3 is 2.60 bits per heavy atom. The van der Waals surface area contributed by atoms with Gasteiger partial charge in [0.05, 0.1) is 30.4 Å². The van der Waals surface area contributed by atoms with Crippen molar-refractivity contribution in [3.05, 3.63) is 22.4 Å². The van der Waals surface area contributed by atoms with Crippen LogP contribution in [0.1, 0.15) is 36.0 Å².